The predicted molar refractivity (Wildman–Crippen MR) is 94.1 cm³/mol. The third-order valence-electron chi connectivity index (χ3n) is 4.29. The van der Waals surface area contributed by atoms with E-state index in [0.717, 1.165) is 28.1 Å². The molecule has 0 atom stereocenters. The van der Waals surface area contributed by atoms with Gasteiger partial charge in [0.05, 0.1) is 17.8 Å². The third kappa shape index (κ3) is 2.92. The van der Waals surface area contributed by atoms with Gasteiger partial charge in [-0.1, -0.05) is 17.7 Å². The second-order valence-corrected chi connectivity index (χ2v) is 6.22. The van der Waals surface area contributed by atoms with Crippen molar-refractivity contribution in [3.05, 3.63) is 59.7 Å². The van der Waals surface area contributed by atoms with Crippen LogP contribution in [-0.4, -0.2) is 24.3 Å². The summed E-state index contributed by atoms with van der Waals surface area (Å²) in [5.74, 6) is 0.785. The average molecular weight is 509 g/mol. The summed E-state index contributed by atoms with van der Waals surface area (Å²) >= 11 is 0. The van der Waals surface area contributed by atoms with Crippen molar-refractivity contribution in [1.82, 2.24) is 24.3 Å². The largest absolute Gasteiger partial charge is 0.352 e. The Kier molecular flexibility index (Phi) is 4.58. The van der Waals surface area contributed by atoms with Gasteiger partial charge in [0.15, 0.2) is 0 Å². The van der Waals surface area contributed by atoms with Gasteiger partial charge in [-0.3, -0.25) is 14.6 Å². The molecule has 0 aliphatic rings. The summed E-state index contributed by atoms with van der Waals surface area (Å²) in [5.41, 5.74) is 7.57. The molecule has 0 saturated carbocycles. The SMILES string of the molecule is Cc1cc(C)c(-n2ncnc2-c2[c-]cc3ncn(C)c3c2)c(C)c1.[Ir]. The number of nitrogens with zero attached hydrogens (tertiary/aromatic N) is 5. The normalized spacial score (nSPS) is 10.9. The van der Waals surface area contributed by atoms with Crippen LogP contribution in [0.25, 0.3) is 28.1 Å². The number of imidazole rings is 1. The van der Waals surface area contributed by atoms with E-state index in [2.05, 4.69) is 60.1 Å². The van der Waals surface area contributed by atoms with E-state index >= 15 is 0 Å². The van der Waals surface area contributed by atoms with Crippen molar-refractivity contribution in [2.24, 2.45) is 7.05 Å². The molecule has 129 valence electrons. The van der Waals surface area contributed by atoms with E-state index in [4.69, 9.17) is 0 Å². The van der Waals surface area contributed by atoms with E-state index < -0.39 is 0 Å². The first-order valence-electron chi connectivity index (χ1n) is 7.86. The molecule has 0 aliphatic carbocycles. The molecule has 1 radical (unpaired) electrons. The summed E-state index contributed by atoms with van der Waals surface area (Å²) in [6.45, 7) is 6.32. The molecule has 4 rings (SSSR count). The zero-order valence-corrected chi connectivity index (χ0v) is 16.9. The van der Waals surface area contributed by atoms with E-state index in [1.165, 1.54) is 16.7 Å². The van der Waals surface area contributed by atoms with Gasteiger partial charge in [-0.2, -0.15) is 5.10 Å². The Hall–Kier alpha value is -2.30. The molecule has 25 heavy (non-hydrogen) atoms. The number of benzene rings is 2. The average Bonchev–Trinajstić information content (AvgIpc) is 3.14. The number of fused-ring (bicyclic) bond motifs is 1. The second-order valence-electron chi connectivity index (χ2n) is 6.22. The zero-order valence-electron chi connectivity index (χ0n) is 14.5. The van der Waals surface area contributed by atoms with Gasteiger partial charge in [0.25, 0.3) is 0 Å². The van der Waals surface area contributed by atoms with Crippen LogP contribution >= 0.6 is 0 Å². The van der Waals surface area contributed by atoms with Crippen LogP contribution in [0, 0.1) is 26.8 Å². The Labute approximate surface area is 160 Å². The molecular formula is C19H18IrN5-. The molecule has 0 N–H and O–H groups in total. The van der Waals surface area contributed by atoms with Gasteiger partial charge in [-0.15, -0.1) is 23.8 Å². The topological polar surface area (TPSA) is 48.5 Å². The number of aromatic nitrogens is 5. The summed E-state index contributed by atoms with van der Waals surface area (Å²) in [5, 5.41) is 4.47. The van der Waals surface area contributed by atoms with Crippen molar-refractivity contribution in [2.75, 3.05) is 0 Å². The van der Waals surface area contributed by atoms with Crippen LogP contribution in [0.1, 0.15) is 16.7 Å². The maximum Gasteiger partial charge on any atom is 0.127 e. The zero-order chi connectivity index (χ0) is 16.8. The molecule has 0 amide bonds. The molecule has 4 aromatic rings. The molecule has 5 nitrogen and oxygen atoms in total. The minimum absolute atomic E-state index is 0. The van der Waals surface area contributed by atoms with Crippen LogP contribution in [0.15, 0.2) is 36.9 Å². The Bertz CT molecular complexity index is 1040. The van der Waals surface area contributed by atoms with Crippen molar-refractivity contribution in [2.45, 2.75) is 20.8 Å². The Morgan fingerprint density at radius 3 is 2.44 bits per heavy atom. The van der Waals surface area contributed by atoms with Crippen molar-refractivity contribution in [3.63, 3.8) is 0 Å². The van der Waals surface area contributed by atoms with E-state index in [0.29, 0.717) is 0 Å². The predicted octanol–water partition coefficient (Wildman–Crippen LogP) is 3.54. The summed E-state index contributed by atoms with van der Waals surface area (Å²) in [6.07, 6.45) is 3.40. The Morgan fingerprint density at radius 2 is 1.72 bits per heavy atom. The second kappa shape index (κ2) is 6.54. The molecule has 0 fully saturated rings. The molecule has 2 heterocycles. The van der Waals surface area contributed by atoms with Gasteiger partial charge in [-0.25, -0.2) is 0 Å². The first kappa shape index (κ1) is 17.5. The van der Waals surface area contributed by atoms with Gasteiger partial charge in [0.2, 0.25) is 0 Å². The summed E-state index contributed by atoms with van der Waals surface area (Å²) < 4.78 is 3.90. The minimum atomic E-state index is 0. The fraction of sp³-hybridized carbons (Fsp3) is 0.211. The maximum absolute atomic E-state index is 4.48. The number of rotatable bonds is 2. The number of aryl methyl sites for hydroxylation is 4. The maximum atomic E-state index is 4.48. The molecule has 2 aromatic carbocycles. The monoisotopic (exact) mass is 509 g/mol. The molecular weight excluding hydrogens is 490 g/mol. The van der Waals surface area contributed by atoms with Gasteiger partial charge in [-0.05, 0) is 37.4 Å². The van der Waals surface area contributed by atoms with Crippen LogP contribution in [0.2, 0.25) is 0 Å². The van der Waals surface area contributed by atoms with Crippen LogP contribution in [-0.2, 0) is 27.2 Å². The Morgan fingerprint density at radius 1 is 1.00 bits per heavy atom. The Balaban J connectivity index is 0.00000182. The first-order valence-corrected chi connectivity index (χ1v) is 7.86. The smallest absolute Gasteiger partial charge is 0.127 e. The van der Waals surface area contributed by atoms with E-state index in [1.54, 1.807) is 12.7 Å². The molecule has 0 unspecified atom stereocenters. The molecule has 0 bridgehead atoms. The molecule has 0 spiro atoms. The molecule has 0 aliphatic heterocycles. The van der Waals surface area contributed by atoms with Gasteiger partial charge >= 0.3 is 0 Å². The molecule has 6 heteroatoms. The number of hydrogen-bond acceptors (Lipinski definition) is 3. The van der Waals surface area contributed by atoms with Crippen LogP contribution in [0.3, 0.4) is 0 Å². The standard InChI is InChI=1S/C19H18N5.Ir/c1-12-7-13(2)18(14(3)8-12)24-19(20-10-22-24)15-5-6-16-17(9-15)23(4)11-21-16;/h6-11H,1-4H3;/q-1;. The summed E-state index contributed by atoms with van der Waals surface area (Å²) in [4.78, 5) is 8.83. The van der Waals surface area contributed by atoms with Crippen LogP contribution in [0.5, 0.6) is 0 Å². The van der Waals surface area contributed by atoms with E-state index in [-0.39, 0.29) is 20.1 Å². The minimum Gasteiger partial charge on any atom is -0.352 e. The van der Waals surface area contributed by atoms with Crippen LogP contribution in [0.4, 0.5) is 0 Å². The molecule has 0 saturated heterocycles. The van der Waals surface area contributed by atoms with Crippen molar-refractivity contribution in [3.8, 4) is 17.1 Å². The van der Waals surface area contributed by atoms with E-state index in [9.17, 15) is 0 Å². The van der Waals surface area contributed by atoms with Gasteiger partial charge in [0, 0.05) is 32.7 Å². The van der Waals surface area contributed by atoms with Crippen molar-refractivity contribution in [1.29, 1.82) is 0 Å². The molecule has 2 aromatic heterocycles. The fourth-order valence-electron chi connectivity index (χ4n) is 3.29. The van der Waals surface area contributed by atoms with Crippen molar-refractivity contribution >= 4 is 11.0 Å². The fourth-order valence-corrected chi connectivity index (χ4v) is 3.29. The van der Waals surface area contributed by atoms with Crippen LogP contribution < -0.4 is 0 Å². The number of hydrogen-bond donors (Lipinski definition) is 0. The summed E-state index contributed by atoms with van der Waals surface area (Å²) in [6, 6.07) is 11.6. The summed E-state index contributed by atoms with van der Waals surface area (Å²) in [7, 11) is 1.98. The quantitative estimate of drug-likeness (QED) is 0.389. The van der Waals surface area contributed by atoms with Gasteiger partial charge in [0.1, 0.15) is 6.33 Å². The first-order chi connectivity index (χ1) is 11.5. The van der Waals surface area contributed by atoms with Crippen molar-refractivity contribution < 1.29 is 20.1 Å². The third-order valence-corrected chi connectivity index (χ3v) is 4.29. The van der Waals surface area contributed by atoms with Gasteiger partial charge < -0.3 is 4.57 Å². The van der Waals surface area contributed by atoms with E-state index in [1.807, 2.05) is 22.4 Å².